The van der Waals surface area contributed by atoms with Crippen LogP contribution in [0.25, 0.3) is 0 Å². The second-order valence-electron chi connectivity index (χ2n) is 8.56. The summed E-state index contributed by atoms with van der Waals surface area (Å²) >= 11 is 0. The van der Waals surface area contributed by atoms with Crippen LogP contribution in [0.3, 0.4) is 0 Å². The Morgan fingerprint density at radius 1 is 1.00 bits per heavy atom. The molecule has 0 spiro atoms. The molecule has 5 nitrogen and oxygen atoms in total. The van der Waals surface area contributed by atoms with E-state index in [0.29, 0.717) is 31.6 Å². The summed E-state index contributed by atoms with van der Waals surface area (Å²) in [5.74, 6) is 0.227. The van der Waals surface area contributed by atoms with Crippen LogP contribution >= 0.6 is 0 Å². The normalized spacial score (nSPS) is 17.6. The molecule has 28 heavy (non-hydrogen) atoms. The predicted octanol–water partition coefficient (Wildman–Crippen LogP) is 3.89. The molecular formula is C23H35N3O2. The standard InChI is InChI=1S/C23H35N3O2/c1-17-8-7-9-18(2)23(17)24-21(27)16-26(20-12-13-20)15-14-22(28)25(3)19-10-5-4-6-11-19/h7-9,19-20H,4-6,10-16H2,1-3H3,(H,24,27). The Kier molecular flexibility index (Phi) is 7.11. The van der Waals surface area contributed by atoms with Gasteiger partial charge in [0.1, 0.15) is 0 Å². The number of hydrogen-bond donors (Lipinski definition) is 1. The highest BCUT2D eigenvalue weighted by Gasteiger charge is 2.31. The fraction of sp³-hybridized carbons (Fsp3) is 0.652. The lowest BCUT2D eigenvalue weighted by molar-refractivity contribution is -0.133. The van der Waals surface area contributed by atoms with E-state index in [2.05, 4.69) is 10.2 Å². The molecule has 2 fully saturated rings. The highest BCUT2D eigenvalue weighted by atomic mass is 16.2. The fourth-order valence-corrected chi connectivity index (χ4v) is 4.29. The SMILES string of the molecule is Cc1cccc(C)c1NC(=O)CN(CCC(=O)N(C)C1CCCCC1)C1CC1. The van der Waals surface area contributed by atoms with Gasteiger partial charge in [0.05, 0.1) is 6.54 Å². The van der Waals surface area contributed by atoms with E-state index in [1.807, 2.05) is 44.0 Å². The maximum absolute atomic E-state index is 12.7. The molecule has 0 unspecified atom stereocenters. The van der Waals surface area contributed by atoms with Crippen LogP contribution in [-0.2, 0) is 9.59 Å². The van der Waals surface area contributed by atoms with E-state index in [1.54, 1.807) is 0 Å². The molecule has 2 aliphatic rings. The Labute approximate surface area is 169 Å². The molecule has 1 N–H and O–H groups in total. The summed E-state index contributed by atoms with van der Waals surface area (Å²) in [6.45, 7) is 5.06. The highest BCUT2D eigenvalue weighted by molar-refractivity contribution is 5.93. The van der Waals surface area contributed by atoms with Crippen molar-refractivity contribution in [1.29, 1.82) is 0 Å². The molecule has 0 heterocycles. The van der Waals surface area contributed by atoms with Gasteiger partial charge in [0.15, 0.2) is 0 Å². The van der Waals surface area contributed by atoms with Crippen LogP contribution < -0.4 is 5.32 Å². The molecule has 0 aromatic heterocycles. The number of amides is 2. The minimum atomic E-state index is 0.0115. The van der Waals surface area contributed by atoms with Crippen molar-refractivity contribution in [3.63, 3.8) is 0 Å². The van der Waals surface area contributed by atoms with Crippen molar-refractivity contribution in [2.24, 2.45) is 0 Å². The number of aryl methyl sites for hydroxylation is 2. The van der Waals surface area contributed by atoms with Crippen LogP contribution in [0.5, 0.6) is 0 Å². The largest absolute Gasteiger partial charge is 0.343 e. The zero-order valence-electron chi connectivity index (χ0n) is 17.7. The second-order valence-corrected chi connectivity index (χ2v) is 8.56. The molecule has 0 bridgehead atoms. The highest BCUT2D eigenvalue weighted by Crippen LogP contribution is 2.28. The van der Waals surface area contributed by atoms with Gasteiger partial charge < -0.3 is 10.2 Å². The first-order valence-electron chi connectivity index (χ1n) is 10.8. The third-order valence-corrected chi connectivity index (χ3v) is 6.28. The van der Waals surface area contributed by atoms with E-state index in [4.69, 9.17) is 0 Å². The van der Waals surface area contributed by atoms with Crippen molar-refractivity contribution in [3.05, 3.63) is 29.3 Å². The van der Waals surface area contributed by atoms with E-state index in [9.17, 15) is 9.59 Å². The molecule has 0 radical (unpaired) electrons. The second kappa shape index (κ2) is 9.55. The molecular weight excluding hydrogens is 350 g/mol. The smallest absolute Gasteiger partial charge is 0.238 e. The van der Waals surface area contributed by atoms with Gasteiger partial charge in [-0.1, -0.05) is 37.5 Å². The molecule has 3 rings (SSSR count). The van der Waals surface area contributed by atoms with Gasteiger partial charge in [-0.25, -0.2) is 0 Å². The molecule has 1 aromatic carbocycles. The van der Waals surface area contributed by atoms with Crippen LogP contribution in [0.2, 0.25) is 0 Å². The Balaban J connectivity index is 1.51. The lowest BCUT2D eigenvalue weighted by Gasteiger charge is -2.32. The van der Waals surface area contributed by atoms with Gasteiger partial charge in [-0.3, -0.25) is 14.5 Å². The van der Waals surface area contributed by atoms with Gasteiger partial charge in [-0.2, -0.15) is 0 Å². The van der Waals surface area contributed by atoms with Crippen molar-refractivity contribution < 1.29 is 9.59 Å². The van der Waals surface area contributed by atoms with Crippen LogP contribution in [0, 0.1) is 13.8 Å². The first kappa shape index (κ1) is 20.8. The number of carbonyl (C=O) groups excluding carboxylic acids is 2. The summed E-state index contributed by atoms with van der Waals surface area (Å²) in [6, 6.07) is 6.90. The number of benzene rings is 1. The summed E-state index contributed by atoms with van der Waals surface area (Å²) in [7, 11) is 1.95. The van der Waals surface area contributed by atoms with E-state index in [1.165, 1.54) is 19.3 Å². The minimum absolute atomic E-state index is 0.0115. The molecule has 0 atom stereocenters. The van der Waals surface area contributed by atoms with Gasteiger partial charge in [0, 0.05) is 37.8 Å². The summed E-state index contributed by atoms with van der Waals surface area (Å²) in [5.41, 5.74) is 3.07. The van der Waals surface area contributed by atoms with E-state index < -0.39 is 0 Å². The molecule has 2 amide bonds. The lowest BCUT2D eigenvalue weighted by Crippen LogP contribution is -2.41. The molecule has 2 aliphatic carbocycles. The topological polar surface area (TPSA) is 52.7 Å². The minimum Gasteiger partial charge on any atom is -0.343 e. The van der Waals surface area contributed by atoms with Crippen molar-refractivity contribution in [2.45, 2.75) is 77.3 Å². The van der Waals surface area contributed by atoms with Crippen LogP contribution in [0.4, 0.5) is 5.69 Å². The Morgan fingerprint density at radius 3 is 2.25 bits per heavy atom. The molecule has 5 heteroatoms. The number of nitrogens with zero attached hydrogens (tertiary/aromatic N) is 2. The number of hydrogen-bond acceptors (Lipinski definition) is 3. The predicted molar refractivity (Wildman–Crippen MR) is 113 cm³/mol. The molecule has 154 valence electrons. The zero-order valence-corrected chi connectivity index (χ0v) is 17.7. The first-order valence-corrected chi connectivity index (χ1v) is 10.8. The van der Waals surface area contributed by atoms with E-state index >= 15 is 0 Å². The monoisotopic (exact) mass is 385 g/mol. The molecule has 1 aromatic rings. The lowest BCUT2D eigenvalue weighted by atomic mass is 9.94. The summed E-state index contributed by atoms with van der Waals surface area (Å²) in [5, 5.41) is 3.08. The number of anilines is 1. The Bertz CT molecular complexity index is 673. The number of rotatable bonds is 8. The van der Waals surface area contributed by atoms with Crippen LogP contribution in [0.1, 0.15) is 62.5 Å². The molecule has 2 saturated carbocycles. The fourth-order valence-electron chi connectivity index (χ4n) is 4.29. The van der Waals surface area contributed by atoms with Gasteiger partial charge in [-0.05, 0) is 50.7 Å². The summed E-state index contributed by atoms with van der Waals surface area (Å²) < 4.78 is 0. The number of para-hydroxylation sites is 1. The first-order chi connectivity index (χ1) is 13.5. The Morgan fingerprint density at radius 2 is 1.64 bits per heavy atom. The van der Waals surface area contributed by atoms with E-state index in [-0.39, 0.29) is 11.8 Å². The summed E-state index contributed by atoms with van der Waals surface area (Å²) in [6.07, 6.45) is 8.78. The van der Waals surface area contributed by atoms with Crippen molar-refractivity contribution in [2.75, 3.05) is 25.5 Å². The Hall–Kier alpha value is -1.88. The number of nitrogens with one attached hydrogen (secondary N) is 1. The van der Waals surface area contributed by atoms with Crippen LogP contribution in [-0.4, -0.2) is 53.8 Å². The van der Waals surface area contributed by atoms with Crippen LogP contribution in [0.15, 0.2) is 18.2 Å². The third-order valence-electron chi connectivity index (χ3n) is 6.28. The van der Waals surface area contributed by atoms with Crippen molar-refractivity contribution in [3.8, 4) is 0 Å². The van der Waals surface area contributed by atoms with Crippen molar-refractivity contribution in [1.82, 2.24) is 9.80 Å². The van der Waals surface area contributed by atoms with Gasteiger partial charge in [0.2, 0.25) is 11.8 Å². The molecule has 0 saturated heterocycles. The third kappa shape index (κ3) is 5.57. The van der Waals surface area contributed by atoms with Gasteiger partial charge >= 0.3 is 0 Å². The van der Waals surface area contributed by atoms with E-state index in [0.717, 1.165) is 42.5 Å². The zero-order chi connectivity index (χ0) is 20.1. The summed E-state index contributed by atoms with van der Waals surface area (Å²) in [4.78, 5) is 29.4. The maximum atomic E-state index is 12.7. The average Bonchev–Trinajstić information content (AvgIpc) is 3.53. The quantitative estimate of drug-likeness (QED) is 0.739. The van der Waals surface area contributed by atoms with Crippen molar-refractivity contribution >= 4 is 17.5 Å². The number of carbonyl (C=O) groups is 2. The maximum Gasteiger partial charge on any atom is 0.238 e. The average molecular weight is 386 g/mol. The van der Waals surface area contributed by atoms with Gasteiger partial charge in [0.25, 0.3) is 0 Å². The van der Waals surface area contributed by atoms with Gasteiger partial charge in [-0.15, -0.1) is 0 Å². The molecule has 0 aliphatic heterocycles.